The lowest BCUT2D eigenvalue weighted by molar-refractivity contribution is -0.0689. The number of rotatable bonds is 4. The summed E-state index contributed by atoms with van der Waals surface area (Å²) in [6.45, 7) is 8.57. The molecule has 1 fully saturated rings. The lowest BCUT2D eigenvalue weighted by Crippen LogP contribution is -2.47. The Labute approximate surface area is 147 Å². The molecule has 2 amide bonds. The molecule has 7 heteroatoms. The maximum absolute atomic E-state index is 12.4. The number of hydrogen-bond donors (Lipinski definition) is 2. The molecule has 2 aromatic rings. The highest BCUT2D eigenvalue weighted by molar-refractivity contribution is 5.88. The molecule has 3 heterocycles. The van der Waals surface area contributed by atoms with Gasteiger partial charge in [-0.25, -0.2) is 9.48 Å². The molecule has 25 heavy (non-hydrogen) atoms. The highest BCUT2D eigenvalue weighted by Crippen LogP contribution is 2.37. The first-order valence-electron chi connectivity index (χ1n) is 8.45. The minimum absolute atomic E-state index is 0.0605. The third-order valence-electron chi connectivity index (χ3n) is 4.38. The lowest BCUT2D eigenvalue weighted by Gasteiger charge is -2.27. The Balaban J connectivity index is 1.64. The number of nitrogens with one attached hydrogen (secondary N) is 2. The van der Waals surface area contributed by atoms with Crippen molar-refractivity contribution in [3.8, 4) is 0 Å². The van der Waals surface area contributed by atoms with Gasteiger partial charge in [0.05, 0.1) is 35.7 Å². The smallest absolute Gasteiger partial charge is 0.320 e. The molecular formula is C18H25N5O2. The van der Waals surface area contributed by atoms with Gasteiger partial charge in [-0.3, -0.25) is 10.3 Å². The highest BCUT2D eigenvalue weighted by Gasteiger charge is 2.46. The fraction of sp³-hybridized carbons (Fsp3) is 0.500. The van der Waals surface area contributed by atoms with Crippen LogP contribution in [0.5, 0.6) is 0 Å². The van der Waals surface area contributed by atoms with Crippen LogP contribution in [-0.2, 0) is 11.3 Å². The second kappa shape index (κ2) is 6.48. The molecule has 0 saturated carbocycles. The number of carbonyl (C=O) groups excluding carboxylic acids is 1. The average molecular weight is 343 g/mol. The Hall–Kier alpha value is -2.41. The van der Waals surface area contributed by atoms with Crippen LogP contribution in [-0.4, -0.2) is 38.0 Å². The maximum atomic E-state index is 12.4. The van der Waals surface area contributed by atoms with Gasteiger partial charge in [0.1, 0.15) is 5.82 Å². The van der Waals surface area contributed by atoms with Crippen molar-refractivity contribution in [1.29, 1.82) is 0 Å². The first-order valence-corrected chi connectivity index (χ1v) is 8.45. The number of ether oxygens (including phenoxy) is 1. The molecule has 0 aromatic carbocycles. The van der Waals surface area contributed by atoms with Crippen LogP contribution < -0.4 is 10.6 Å². The average Bonchev–Trinajstić information content (AvgIpc) is 3.01. The number of carbonyl (C=O) groups is 1. The van der Waals surface area contributed by atoms with Crippen LogP contribution in [0.3, 0.4) is 0 Å². The fourth-order valence-electron chi connectivity index (χ4n) is 3.31. The standard InChI is InChI=1S/C18H25N5O2/c1-17(2)11-14(18(3,4)25-17)21-16(24)22-15-8-10-20-23(15)12-13-7-5-6-9-19-13/h5-10,14H,11-12H2,1-4H3,(H2,21,22,24). The number of aromatic nitrogens is 3. The van der Waals surface area contributed by atoms with E-state index in [4.69, 9.17) is 4.74 Å². The van der Waals surface area contributed by atoms with E-state index in [9.17, 15) is 4.79 Å². The molecular weight excluding hydrogens is 318 g/mol. The van der Waals surface area contributed by atoms with Gasteiger partial charge in [-0.1, -0.05) is 6.07 Å². The van der Waals surface area contributed by atoms with E-state index in [2.05, 4.69) is 20.7 Å². The Morgan fingerprint density at radius 2 is 2.08 bits per heavy atom. The molecule has 0 spiro atoms. The number of anilines is 1. The van der Waals surface area contributed by atoms with Crippen LogP contribution in [0.2, 0.25) is 0 Å². The van der Waals surface area contributed by atoms with E-state index in [0.29, 0.717) is 12.4 Å². The van der Waals surface area contributed by atoms with Crippen molar-refractivity contribution in [3.05, 3.63) is 42.4 Å². The zero-order valence-corrected chi connectivity index (χ0v) is 15.1. The molecule has 2 aromatic heterocycles. The molecule has 3 rings (SSSR count). The fourth-order valence-corrected chi connectivity index (χ4v) is 3.31. The molecule has 0 aliphatic carbocycles. The third-order valence-corrected chi connectivity index (χ3v) is 4.38. The predicted molar refractivity (Wildman–Crippen MR) is 95.4 cm³/mol. The molecule has 1 atom stereocenters. The Bertz CT molecular complexity index is 739. The summed E-state index contributed by atoms with van der Waals surface area (Å²) in [6, 6.07) is 7.16. The van der Waals surface area contributed by atoms with Crippen LogP contribution in [0.4, 0.5) is 10.6 Å². The molecule has 2 N–H and O–H groups in total. The van der Waals surface area contributed by atoms with Gasteiger partial charge in [-0.2, -0.15) is 5.10 Å². The summed E-state index contributed by atoms with van der Waals surface area (Å²) in [5, 5.41) is 10.1. The number of pyridine rings is 1. The molecule has 1 saturated heterocycles. The monoisotopic (exact) mass is 343 g/mol. The van der Waals surface area contributed by atoms with E-state index in [1.807, 2.05) is 45.9 Å². The summed E-state index contributed by atoms with van der Waals surface area (Å²) in [5.41, 5.74) is 0.221. The molecule has 1 aliphatic rings. The largest absolute Gasteiger partial charge is 0.367 e. The third kappa shape index (κ3) is 4.17. The van der Waals surface area contributed by atoms with Crippen molar-refractivity contribution >= 4 is 11.8 Å². The minimum atomic E-state index is -0.408. The number of amides is 2. The molecule has 1 aliphatic heterocycles. The Kier molecular flexibility index (Phi) is 4.51. The summed E-state index contributed by atoms with van der Waals surface area (Å²) < 4.78 is 7.73. The van der Waals surface area contributed by atoms with E-state index in [-0.39, 0.29) is 17.7 Å². The number of hydrogen-bond acceptors (Lipinski definition) is 4. The van der Waals surface area contributed by atoms with Crippen LogP contribution >= 0.6 is 0 Å². The van der Waals surface area contributed by atoms with Gasteiger partial charge in [-0.15, -0.1) is 0 Å². The van der Waals surface area contributed by atoms with Crippen LogP contribution in [0.25, 0.3) is 0 Å². The summed E-state index contributed by atoms with van der Waals surface area (Å²) in [7, 11) is 0. The summed E-state index contributed by atoms with van der Waals surface area (Å²) >= 11 is 0. The number of nitrogens with zero attached hydrogens (tertiary/aromatic N) is 3. The van der Waals surface area contributed by atoms with E-state index in [1.165, 1.54) is 0 Å². The number of urea groups is 1. The lowest BCUT2D eigenvalue weighted by atomic mass is 9.95. The molecule has 7 nitrogen and oxygen atoms in total. The normalized spacial score (nSPS) is 21.0. The van der Waals surface area contributed by atoms with Gasteiger partial charge in [-0.05, 0) is 46.2 Å². The predicted octanol–water partition coefficient (Wildman–Crippen LogP) is 2.79. The molecule has 0 radical (unpaired) electrons. The summed E-state index contributed by atoms with van der Waals surface area (Å²) in [6.07, 6.45) is 4.16. The van der Waals surface area contributed by atoms with Gasteiger partial charge in [0.15, 0.2) is 0 Å². The molecule has 1 unspecified atom stereocenters. The van der Waals surface area contributed by atoms with Gasteiger partial charge in [0.2, 0.25) is 0 Å². The summed E-state index contributed by atoms with van der Waals surface area (Å²) in [5.74, 6) is 0.624. The second-order valence-electron chi connectivity index (χ2n) is 7.52. The van der Waals surface area contributed by atoms with Crippen molar-refractivity contribution in [3.63, 3.8) is 0 Å². The van der Waals surface area contributed by atoms with Gasteiger partial charge in [0.25, 0.3) is 0 Å². The van der Waals surface area contributed by atoms with Gasteiger partial charge >= 0.3 is 6.03 Å². The Morgan fingerprint density at radius 3 is 2.72 bits per heavy atom. The molecule has 0 bridgehead atoms. The van der Waals surface area contributed by atoms with Crippen LogP contribution in [0, 0.1) is 0 Å². The van der Waals surface area contributed by atoms with Crippen molar-refractivity contribution in [2.24, 2.45) is 0 Å². The summed E-state index contributed by atoms with van der Waals surface area (Å²) in [4.78, 5) is 16.7. The van der Waals surface area contributed by atoms with E-state index >= 15 is 0 Å². The molecule has 134 valence electrons. The first kappa shape index (κ1) is 17.4. The highest BCUT2D eigenvalue weighted by atomic mass is 16.5. The van der Waals surface area contributed by atoms with Crippen molar-refractivity contribution in [2.75, 3.05) is 5.32 Å². The van der Waals surface area contributed by atoms with Crippen molar-refractivity contribution in [2.45, 2.75) is 57.9 Å². The van der Waals surface area contributed by atoms with Gasteiger partial charge in [0, 0.05) is 12.3 Å². The topological polar surface area (TPSA) is 81.1 Å². The van der Waals surface area contributed by atoms with Gasteiger partial charge < -0.3 is 10.1 Å². The van der Waals surface area contributed by atoms with E-state index < -0.39 is 5.60 Å². The zero-order chi connectivity index (χ0) is 18.1. The van der Waals surface area contributed by atoms with E-state index in [1.54, 1.807) is 23.1 Å². The zero-order valence-electron chi connectivity index (χ0n) is 15.1. The maximum Gasteiger partial charge on any atom is 0.320 e. The first-order chi connectivity index (χ1) is 11.8. The van der Waals surface area contributed by atoms with Crippen molar-refractivity contribution < 1.29 is 9.53 Å². The van der Waals surface area contributed by atoms with Crippen LogP contribution in [0.15, 0.2) is 36.7 Å². The minimum Gasteiger partial charge on any atom is -0.367 e. The second-order valence-corrected chi connectivity index (χ2v) is 7.52. The quantitative estimate of drug-likeness (QED) is 0.894. The SMILES string of the molecule is CC1(C)CC(NC(=O)Nc2ccnn2Cc2ccccn2)C(C)(C)O1. The Morgan fingerprint density at radius 1 is 1.28 bits per heavy atom. The van der Waals surface area contributed by atoms with Crippen LogP contribution in [0.1, 0.15) is 39.8 Å². The van der Waals surface area contributed by atoms with Crippen molar-refractivity contribution in [1.82, 2.24) is 20.1 Å². The van der Waals surface area contributed by atoms with E-state index in [0.717, 1.165) is 12.1 Å².